The molecule has 0 saturated carbocycles. The van der Waals surface area contributed by atoms with Crippen molar-refractivity contribution in [2.24, 2.45) is 0 Å². The maximum Gasteiger partial charge on any atom is 0.388 e. The number of aromatic nitrogens is 2. The summed E-state index contributed by atoms with van der Waals surface area (Å²) in [6, 6.07) is 5.32. The third-order valence-corrected chi connectivity index (χ3v) is 2.94. The highest BCUT2D eigenvalue weighted by Crippen LogP contribution is 2.17. The molecule has 126 valence electrons. The van der Waals surface area contributed by atoms with Gasteiger partial charge in [0.25, 0.3) is 5.91 Å². The molecule has 0 atom stereocenters. The molecule has 0 saturated heterocycles. The Balaban J connectivity index is 2.16. The molecule has 0 spiro atoms. The Morgan fingerprint density at radius 2 is 2.00 bits per heavy atom. The van der Waals surface area contributed by atoms with Crippen molar-refractivity contribution >= 4 is 17.6 Å². The van der Waals surface area contributed by atoms with Crippen molar-refractivity contribution in [3.63, 3.8) is 0 Å². The average molecular weight is 337 g/mol. The van der Waals surface area contributed by atoms with E-state index in [1.165, 1.54) is 31.5 Å². The number of amides is 1. The summed E-state index contributed by atoms with van der Waals surface area (Å²) in [5.41, 5.74) is 0.937. The Morgan fingerprint density at radius 3 is 2.62 bits per heavy atom. The van der Waals surface area contributed by atoms with E-state index in [9.17, 15) is 18.4 Å². The van der Waals surface area contributed by atoms with Crippen LogP contribution in [-0.4, -0.2) is 35.6 Å². The summed E-state index contributed by atoms with van der Waals surface area (Å²) in [4.78, 5) is 31.2. The maximum absolute atomic E-state index is 12.2. The third kappa shape index (κ3) is 4.22. The number of pyridine rings is 2. The lowest BCUT2D eigenvalue weighted by molar-refractivity contribution is -0.0528. The van der Waals surface area contributed by atoms with Gasteiger partial charge in [0.1, 0.15) is 5.69 Å². The fraction of sp³-hybridized carbons (Fsp3) is 0.200. The van der Waals surface area contributed by atoms with Crippen LogP contribution in [0.25, 0.3) is 0 Å². The van der Waals surface area contributed by atoms with Gasteiger partial charge in [0.05, 0.1) is 18.5 Å². The molecule has 1 amide bonds. The molecule has 9 heteroatoms. The highest BCUT2D eigenvalue weighted by atomic mass is 19.3. The van der Waals surface area contributed by atoms with Gasteiger partial charge < -0.3 is 14.8 Å². The van der Waals surface area contributed by atoms with Crippen molar-refractivity contribution in [1.29, 1.82) is 0 Å². The first-order chi connectivity index (χ1) is 11.4. The zero-order valence-electron chi connectivity index (χ0n) is 12.7. The highest BCUT2D eigenvalue weighted by molar-refractivity contribution is 6.04. The number of nitrogens with one attached hydrogen (secondary N) is 1. The number of methoxy groups -OCH3 is 1. The van der Waals surface area contributed by atoms with Gasteiger partial charge in [0, 0.05) is 17.8 Å². The van der Waals surface area contributed by atoms with Crippen LogP contribution >= 0.6 is 0 Å². The van der Waals surface area contributed by atoms with Gasteiger partial charge >= 0.3 is 12.6 Å². The van der Waals surface area contributed by atoms with Crippen molar-refractivity contribution in [2.45, 2.75) is 13.5 Å². The lowest BCUT2D eigenvalue weighted by atomic mass is 10.2. The number of anilines is 1. The second-order valence-corrected chi connectivity index (χ2v) is 4.54. The van der Waals surface area contributed by atoms with Crippen LogP contribution in [0.4, 0.5) is 14.5 Å². The predicted octanol–water partition coefficient (Wildman–Crippen LogP) is 2.43. The quantitative estimate of drug-likeness (QED) is 0.843. The molecule has 2 rings (SSSR count). The van der Waals surface area contributed by atoms with Gasteiger partial charge in [0.15, 0.2) is 0 Å². The van der Waals surface area contributed by atoms with Crippen molar-refractivity contribution in [2.75, 3.05) is 12.4 Å². The Kier molecular flexibility index (Phi) is 5.35. The minimum Gasteiger partial charge on any atom is -0.464 e. The van der Waals surface area contributed by atoms with Crippen molar-refractivity contribution in [3.05, 3.63) is 47.4 Å². The van der Waals surface area contributed by atoms with E-state index >= 15 is 0 Å². The first kappa shape index (κ1) is 17.3. The normalized spacial score (nSPS) is 10.4. The van der Waals surface area contributed by atoms with Crippen LogP contribution in [0.2, 0.25) is 0 Å². The van der Waals surface area contributed by atoms with Crippen LogP contribution in [0.1, 0.15) is 26.5 Å². The van der Waals surface area contributed by atoms with Gasteiger partial charge in [-0.25, -0.2) is 14.8 Å². The van der Waals surface area contributed by atoms with Crippen molar-refractivity contribution < 1.29 is 27.8 Å². The predicted molar refractivity (Wildman–Crippen MR) is 79.1 cm³/mol. The average Bonchev–Trinajstić information content (AvgIpc) is 2.55. The summed E-state index contributed by atoms with van der Waals surface area (Å²) in [6.45, 7) is -1.44. The highest BCUT2D eigenvalue weighted by Gasteiger charge is 2.14. The van der Waals surface area contributed by atoms with E-state index < -0.39 is 18.5 Å². The second kappa shape index (κ2) is 7.44. The molecule has 2 heterocycles. The number of halogens is 2. The Hall–Kier alpha value is -3.10. The number of carbonyl (C=O) groups is 2. The van der Waals surface area contributed by atoms with Crippen LogP contribution in [0.15, 0.2) is 30.5 Å². The maximum atomic E-state index is 12.2. The van der Waals surface area contributed by atoms with E-state index in [1.807, 2.05) is 0 Å². The SMILES string of the molecule is COC(=O)c1ccc(NC(=O)c2ccnc(OC(F)F)c2)c(C)n1. The molecule has 0 radical (unpaired) electrons. The molecule has 0 aromatic carbocycles. The molecule has 0 aliphatic heterocycles. The third-order valence-electron chi connectivity index (χ3n) is 2.94. The van der Waals surface area contributed by atoms with Gasteiger partial charge in [-0.05, 0) is 25.1 Å². The Labute approximate surface area is 135 Å². The molecular formula is C15H13F2N3O4. The van der Waals surface area contributed by atoms with E-state index in [0.29, 0.717) is 11.4 Å². The topological polar surface area (TPSA) is 90.4 Å². The summed E-state index contributed by atoms with van der Waals surface area (Å²) in [5, 5.41) is 2.57. The van der Waals surface area contributed by atoms with E-state index in [2.05, 4.69) is 24.8 Å². The van der Waals surface area contributed by atoms with Gasteiger partial charge in [0.2, 0.25) is 5.88 Å². The number of esters is 1. The van der Waals surface area contributed by atoms with Gasteiger partial charge in [-0.3, -0.25) is 4.79 Å². The molecule has 2 aromatic heterocycles. The minimum atomic E-state index is -3.03. The van der Waals surface area contributed by atoms with E-state index in [-0.39, 0.29) is 17.1 Å². The summed E-state index contributed by atoms with van der Waals surface area (Å²) < 4.78 is 33.1. The number of hydrogen-bond acceptors (Lipinski definition) is 6. The van der Waals surface area contributed by atoms with Gasteiger partial charge in [-0.2, -0.15) is 8.78 Å². The molecule has 0 fully saturated rings. The lowest BCUT2D eigenvalue weighted by Gasteiger charge is -2.10. The van der Waals surface area contributed by atoms with Crippen LogP contribution in [-0.2, 0) is 4.74 Å². The monoisotopic (exact) mass is 337 g/mol. The lowest BCUT2D eigenvalue weighted by Crippen LogP contribution is -2.15. The number of ether oxygens (including phenoxy) is 2. The standard InChI is InChI=1S/C15H13F2N3O4/c1-8-10(3-4-11(19-8)14(22)23-2)20-13(21)9-5-6-18-12(7-9)24-15(16)17/h3-7,15H,1-2H3,(H,20,21). The van der Waals surface area contributed by atoms with Gasteiger partial charge in [-0.15, -0.1) is 0 Å². The van der Waals surface area contributed by atoms with Crippen molar-refractivity contribution in [1.82, 2.24) is 9.97 Å². The van der Waals surface area contributed by atoms with Crippen LogP contribution in [0, 0.1) is 6.92 Å². The second-order valence-electron chi connectivity index (χ2n) is 4.54. The molecular weight excluding hydrogens is 324 g/mol. The Bertz CT molecular complexity index is 768. The summed E-state index contributed by atoms with van der Waals surface area (Å²) in [6.07, 6.45) is 1.18. The van der Waals surface area contributed by atoms with Gasteiger partial charge in [-0.1, -0.05) is 0 Å². The molecule has 0 aliphatic rings. The molecule has 0 aliphatic carbocycles. The summed E-state index contributed by atoms with van der Waals surface area (Å²) in [7, 11) is 1.23. The number of hydrogen-bond donors (Lipinski definition) is 1. The molecule has 1 N–H and O–H groups in total. The van der Waals surface area contributed by atoms with Crippen LogP contribution in [0.5, 0.6) is 5.88 Å². The zero-order chi connectivity index (χ0) is 17.7. The summed E-state index contributed by atoms with van der Waals surface area (Å²) >= 11 is 0. The Morgan fingerprint density at radius 1 is 1.25 bits per heavy atom. The largest absolute Gasteiger partial charge is 0.464 e. The molecule has 24 heavy (non-hydrogen) atoms. The molecule has 0 unspecified atom stereocenters. The molecule has 7 nitrogen and oxygen atoms in total. The van der Waals surface area contributed by atoms with E-state index in [1.54, 1.807) is 6.92 Å². The molecule has 0 bridgehead atoms. The number of rotatable bonds is 5. The van der Waals surface area contributed by atoms with Crippen LogP contribution in [0.3, 0.4) is 0 Å². The fourth-order valence-electron chi connectivity index (χ4n) is 1.81. The number of carbonyl (C=O) groups excluding carboxylic acids is 2. The van der Waals surface area contributed by atoms with Crippen LogP contribution < -0.4 is 10.1 Å². The number of alkyl halides is 2. The summed E-state index contributed by atoms with van der Waals surface area (Å²) in [5.74, 6) is -1.53. The first-order valence-corrected chi connectivity index (χ1v) is 6.69. The van der Waals surface area contributed by atoms with E-state index in [4.69, 9.17) is 0 Å². The smallest absolute Gasteiger partial charge is 0.388 e. The number of aryl methyl sites for hydroxylation is 1. The first-order valence-electron chi connectivity index (χ1n) is 6.69. The minimum absolute atomic E-state index is 0.0806. The van der Waals surface area contributed by atoms with Crippen molar-refractivity contribution in [3.8, 4) is 5.88 Å². The van der Waals surface area contributed by atoms with E-state index in [0.717, 1.165) is 6.07 Å². The zero-order valence-corrected chi connectivity index (χ0v) is 12.7. The number of nitrogens with zero attached hydrogens (tertiary/aromatic N) is 2. The molecule has 2 aromatic rings. The fourth-order valence-corrected chi connectivity index (χ4v) is 1.81.